The van der Waals surface area contributed by atoms with Crippen LogP contribution in [-0.4, -0.2) is 30.4 Å². The van der Waals surface area contributed by atoms with Gasteiger partial charge in [-0.1, -0.05) is 6.92 Å². The van der Waals surface area contributed by atoms with E-state index in [0.717, 1.165) is 17.7 Å². The van der Waals surface area contributed by atoms with Gasteiger partial charge in [-0.15, -0.1) is 11.6 Å². The fourth-order valence-corrected chi connectivity index (χ4v) is 2.14. The minimum absolute atomic E-state index is 0.661. The first-order valence-corrected chi connectivity index (χ1v) is 6.59. The van der Waals surface area contributed by atoms with Crippen molar-refractivity contribution in [3.8, 4) is 0 Å². The van der Waals surface area contributed by atoms with Gasteiger partial charge in [0.25, 0.3) is 0 Å². The molecule has 1 atom stereocenters. The quantitative estimate of drug-likeness (QED) is 0.591. The van der Waals surface area contributed by atoms with Gasteiger partial charge in [0.1, 0.15) is 0 Å². The fourth-order valence-electron chi connectivity index (χ4n) is 2.04. The van der Waals surface area contributed by atoms with E-state index < -0.39 is 0 Å². The van der Waals surface area contributed by atoms with Crippen LogP contribution in [0.15, 0.2) is 0 Å². The molecule has 2 rings (SSSR count). The predicted octanol–water partition coefficient (Wildman–Crippen LogP) is 2.98. The zero-order chi connectivity index (χ0) is 9.97. The molecular weight excluding hydrogens is 194 g/mol. The van der Waals surface area contributed by atoms with Crippen LogP contribution < -0.4 is 0 Å². The van der Waals surface area contributed by atoms with E-state index in [2.05, 4.69) is 11.8 Å². The highest BCUT2D eigenvalue weighted by atomic mass is 35.5. The smallest absolute Gasteiger partial charge is 0.0261 e. The lowest BCUT2D eigenvalue weighted by Gasteiger charge is -2.24. The highest BCUT2D eigenvalue weighted by Crippen LogP contribution is 2.33. The normalized spacial score (nSPS) is 24.2. The van der Waals surface area contributed by atoms with Gasteiger partial charge in [-0.25, -0.2) is 0 Å². The first-order chi connectivity index (χ1) is 6.78. The summed E-state index contributed by atoms with van der Waals surface area (Å²) in [5.41, 5.74) is 0. The summed E-state index contributed by atoms with van der Waals surface area (Å²) in [5, 5.41) is 0. The Morgan fingerprint density at radius 1 is 1.14 bits per heavy atom. The summed E-state index contributed by atoms with van der Waals surface area (Å²) in [4.78, 5) is 2.67. The molecule has 0 radical (unpaired) electrons. The van der Waals surface area contributed by atoms with Crippen LogP contribution >= 0.6 is 11.6 Å². The van der Waals surface area contributed by atoms with Gasteiger partial charge in [0.05, 0.1) is 0 Å². The molecule has 0 N–H and O–H groups in total. The molecule has 2 fully saturated rings. The molecule has 0 aromatic heterocycles. The Hall–Kier alpha value is 0.250. The molecule has 0 saturated heterocycles. The second-order valence-electron chi connectivity index (χ2n) is 5.36. The van der Waals surface area contributed by atoms with E-state index in [0.29, 0.717) is 5.92 Å². The summed E-state index contributed by atoms with van der Waals surface area (Å²) >= 11 is 5.87. The maximum atomic E-state index is 5.87. The molecular formula is C12H22ClN. The van der Waals surface area contributed by atoms with Crippen molar-refractivity contribution in [2.45, 2.75) is 32.6 Å². The minimum Gasteiger partial charge on any atom is -0.302 e. The van der Waals surface area contributed by atoms with E-state index in [1.807, 2.05) is 0 Å². The Bertz CT molecular complexity index is 161. The molecule has 2 saturated carbocycles. The Morgan fingerprint density at radius 2 is 1.64 bits per heavy atom. The molecule has 82 valence electrons. The summed E-state index contributed by atoms with van der Waals surface area (Å²) < 4.78 is 0. The van der Waals surface area contributed by atoms with Crippen molar-refractivity contribution < 1.29 is 0 Å². The molecule has 0 bridgehead atoms. The second kappa shape index (κ2) is 4.85. The summed E-state index contributed by atoms with van der Waals surface area (Å²) in [7, 11) is 0. The van der Waals surface area contributed by atoms with E-state index >= 15 is 0 Å². The Labute approximate surface area is 92.8 Å². The molecule has 0 aromatic carbocycles. The van der Waals surface area contributed by atoms with Gasteiger partial charge >= 0.3 is 0 Å². The van der Waals surface area contributed by atoms with Gasteiger partial charge in [0, 0.05) is 25.5 Å². The van der Waals surface area contributed by atoms with Crippen molar-refractivity contribution in [2.75, 3.05) is 25.5 Å². The number of rotatable bonds is 7. The number of halogens is 1. The average Bonchev–Trinajstić information content (AvgIpc) is 2.99. The molecule has 0 spiro atoms. The Kier molecular flexibility index (Phi) is 3.73. The predicted molar refractivity (Wildman–Crippen MR) is 61.8 cm³/mol. The molecule has 1 nitrogen and oxygen atoms in total. The standard InChI is InChI=1S/C12H22ClN/c1-10(6-13)7-14(8-11-2-3-11)9-12-4-5-12/h10-12H,2-9H2,1H3. The zero-order valence-corrected chi connectivity index (χ0v) is 9.97. The topological polar surface area (TPSA) is 3.24 Å². The van der Waals surface area contributed by atoms with Crippen molar-refractivity contribution in [3.63, 3.8) is 0 Å². The molecule has 0 aromatic rings. The first-order valence-electron chi connectivity index (χ1n) is 6.06. The van der Waals surface area contributed by atoms with E-state index in [-0.39, 0.29) is 0 Å². The minimum atomic E-state index is 0.661. The third-order valence-electron chi connectivity index (χ3n) is 3.26. The van der Waals surface area contributed by atoms with Crippen LogP contribution in [0.4, 0.5) is 0 Å². The van der Waals surface area contributed by atoms with Crippen LogP contribution in [0.2, 0.25) is 0 Å². The molecule has 0 aliphatic heterocycles. The summed E-state index contributed by atoms with van der Waals surface area (Å²) in [6.45, 7) is 6.17. The monoisotopic (exact) mass is 215 g/mol. The Morgan fingerprint density at radius 3 is 2.00 bits per heavy atom. The van der Waals surface area contributed by atoms with E-state index in [9.17, 15) is 0 Å². The third-order valence-corrected chi connectivity index (χ3v) is 3.79. The molecule has 2 aliphatic carbocycles. The average molecular weight is 216 g/mol. The largest absolute Gasteiger partial charge is 0.302 e. The van der Waals surface area contributed by atoms with Gasteiger partial charge in [0.2, 0.25) is 0 Å². The van der Waals surface area contributed by atoms with Crippen LogP contribution in [0, 0.1) is 17.8 Å². The number of alkyl halides is 1. The van der Waals surface area contributed by atoms with Gasteiger partial charge < -0.3 is 4.90 Å². The van der Waals surface area contributed by atoms with Crippen LogP contribution in [0.25, 0.3) is 0 Å². The second-order valence-corrected chi connectivity index (χ2v) is 5.67. The van der Waals surface area contributed by atoms with Crippen molar-refractivity contribution >= 4 is 11.6 Å². The molecule has 2 heteroatoms. The lowest BCUT2D eigenvalue weighted by molar-refractivity contribution is 0.227. The van der Waals surface area contributed by atoms with Crippen LogP contribution in [0.1, 0.15) is 32.6 Å². The number of nitrogens with zero attached hydrogens (tertiary/aromatic N) is 1. The van der Waals surface area contributed by atoms with Crippen LogP contribution in [-0.2, 0) is 0 Å². The van der Waals surface area contributed by atoms with Gasteiger partial charge in [0.15, 0.2) is 0 Å². The Balaban J connectivity index is 1.71. The third kappa shape index (κ3) is 3.78. The van der Waals surface area contributed by atoms with Crippen LogP contribution in [0.5, 0.6) is 0 Å². The van der Waals surface area contributed by atoms with E-state index in [4.69, 9.17) is 11.6 Å². The zero-order valence-electron chi connectivity index (χ0n) is 9.21. The van der Waals surface area contributed by atoms with Gasteiger partial charge in [-0.3, -0.25) is 0 Å². The summed E-state index contributed by atoms with van der Waals surface area (Å²) in [6, 6.07) is 0. The molecule has 0 heterocycles. The first kappa shape index (κ1) is 10.8. The van der Waals surface area contributed by atoms with E-state index in [1.165, 1.54) is 45.3 Å². The highest BCUT2D eigenvalue weighted by Gasteiger charge is 2.29. The summed E-state index contributed by atoms with van der Waals surface area (Å²) in [5.74, 6) is 3.52. The van der Waals surface area contributed by atoms with E-state index in [1.54, 1.807) is 0 Å². The van der Waals surface area contributed by atoms with Gasteiger partial charge in [-0.2, -0.15) is 0 Å². The molecule has 1 unspecified atom stereocenters. The maximum Gasteiger partial charge on any atom is 0.0261 e. The fraction of sp³-hybridized carbons (Fsp3) is 1.00. The molecule has 0 amide bonds. The lowest BCUT2D eigenvalue weighted by Crippen LogP contribution is -2.33. The number of hydrogen-bond donors (Lipinski definition) is 0. The summed E-state index contributed by atoms with van der Waals surface area (Å²) in [6.07, 6.45) is 5.87. The maximum absolute atomic E-state index is 5.87. The van der Waals surface area contributed by atoms with Crippen LogP contribution in [0.3, 0.4) is 0 Å². The lowest BCUT2D eigenvalue weighted by atomic mass is 10.2. The van der Waals surface area contributed by atoms with Crippen molar-refractivity contribution in [2.24, 2.45) is 17.8 Å². The van der Waals surface area contributed by atoms with Crippen molar-refractivity contribution in [3.05, 3.63) is 0 Å². The molecule has 2 aliphatic rings. The SMILES string of the molecule is CC(CCl)CN(CC1CC1)CC1CC1. The molecule has 14 heavy (non-hydrogen) atoms. The van der Waals surface area contributed by atoms with Crippen molar-refractivity contribution in [1.29, 1.82) is 0 Å². The van der Waals surface area contributed by atoms with Gasteiger partial charge in [-0.05, 0) is 43.4 Å². The number of hydrogen-bond acceptors (Lipinski definition) is 1. The highest BCUT2D eigenvalue weighted by molar-refractivity contribution is 6.18. The van der Waals surface area contributed by atoms with Crippen molar-refractivity contribution in [1.82, 2.24) is 4.90 Å².